The molecule has 0 atom stereocenters. The van der Waals surface area contributed by atoms with Crippen LogP contribution in [0.5, 0.6) is 0 Å². The topological polar surface area (TPSA) is 76.3 Å². The zero-order valence-electron chi connectivity index (χ0n) is 17.5. The Morgan fingerprint density at radius 1 is 1.06 bits per heavy atom. The molecule has 4 rings (SSSR count). The Hall–Kier alpha value is -3.65. The quantitative estimate of drug-likeness (QED) is 0.523. The van der Waals surface area contributed by atoms with E-state index in [0.717, 1.165) is 15.8 Å². The number of hydrogen-bond donors (Lipinski definition) is 1. The van der Waals surface area contributed by atoms with Gasteiger partial charge in [0.2, 0.25) is 5.91 Å². The molecule has 0 saturated carbocycles. The lowest BCUT2D eigenvalue weighted by atomic mass is 10.2. The number of carbonyl (C=O) groups excluding carboxylic acids is 1. The Morgan fingerprint density at radius 2 is 1.81 bits per heavy atom. The Labute approximate surface area is 182 Å². The van der Waals surface area contributed by atoms with E-state index < -0.39 is 5.69 Å². The fraction of sp³-hybridized carbons (Fsp3) is 0.174. The zero-order valence-corrected chi connectivity index (χ0v) is 18.3. The molecule has 2 heterocycles. The normalized spacial score (nSPS) is 10.9. The summed E-state index contributed by atoms with van der Waals surface area (Å²) in [5, 5.41) is 4.57. The van der Waals surface area contributed by atoms with E-state index in [1.165, 1.54) is 15.9 Å². The lowest BCUT2D eigenvalue weighted by Gasteiger charge is -2.14. The van der Waals surface area contributed by atoms with Crippen molar-refractivity contribution in [3.63, 3.8) is 0 Å². The first-order valence-electron chi connectivity index (χ1n) is 9.72. The molecule has 0 unspecified atom stereocenters. The van der Waals surface area contributed by atoms with Crippen LogP contribution in [-0.4, -0.2) is 29.1 Å². The molecule has 0 spiro atoms. The molecule has 1 N–H and O–H groups in total. The van der Waals surface area contributed by atoms with Gasteiger partial charge in [0.15, 0.2) is 0 Å². The average molecular weight is 435 g/mol. The lowest BCUT2D eigenvalue weighted by molar-refractivity contribution is -0.116. The van der Waals surface area contributed by atoms with Crippen LogP contribution in [0.4, 0.5) is 11.4 Å². The summed E-state index contributed by atoms with van der Waals surface area (Å²) in [5.74, 6) is -0.346. The van der Waals surface area contributed by atoms with Crippen LogP contribution in [0.2, 0.25) is 0 Å². The van der Waals surface area contributed by atoms with Crippen LogP contribution in [0, 0.1) is 6.92 Å². The van der Waals surface area contributed by atoms with Gasteiger partial charge in [-0.15, -0.1) is 11.3 Å². The highest BCUT2D eigenvalue weighted by molar-refractivity contribution is 7.17. The first kappa shape index (κ1) is 20.6. The summed E-state index contributed by atoms with van der Waals surface area (Å²) in [5.41, 5.74) is 2.61. The molecule has 0 bridgehead atoms. The van der Waals surface area contributed by atoms with Gasteiger partial charge in [-0.3, -0.25) is 14.2 Å². The van der Waals surface area contributed by atoms with Gasteiger partial charge in [0.25, 0.3) is 5.56 Å². The summed E-state index contributed by atoms with van der Waals surface area (Å²) >= 11 is 1.26. The molecule has 0 fully saturated rings. The zero-order chi connectivity index (χ0) is 22.1. The Kier molecular flexibility index (Phi) is 5.48. The van der Waals surface area contributed by atoms with Crippen molar-refractivity contribution in [3.8, 4) is 5.69 Å². The van der Waals surface area contributed by atoms with Crippen LogP contribution in [0.3, 0.4) is 0 Å². The first-order valence-corrected chi connectivity index (χ1v) is 10.6. The standard InChI is InChI=1S/C23H22N4O3S/c1-15-5-4-6-18(13-15)27-22(29)21-19(11-12-31-21)26(23(27)30)14-20(28)24-16-7-9-17(10-8-16)25(2)3/h4-13H,14H2,1-3H3,(H,24,28). The van der Waals surface area contributed by atoms with Crippen molar-refractivity contribution in [1.82, 2.24) is 9.13 Å². The van der Waals surface area contributed by atoms with Crippen LogP contribution >= 0.6 is 11.3 Å². The SMILES string of the molecule is Cc1cccc(-n2c(=O)c3sccc3n(CC(=O)Nc3ccc(N(C)C)cc3)c2=O)c1. The molecular formula is C23H22N4O3S. The molecule has 0 aliphatic rings. The second kappa shape index (κ2) is 8.23. The first-order chi connectivity index (χ1) is 14.8. The van der Waals surface area contributed by atoms with Crippen molar-refractivity contribution < 1.29 is 4.79 Å². The van der Waals surface area contributed by atoms with E-state index in [9.17, 15) is 14.4 Å². The second-order valence-electron chi connectivity index (χ2n) is 7.47. The fourth-order valence-electron chi connectivity index (χ4n) is 3.42. The van der Waals surface area contributed by atoms with E-state index in [-0.39, 0.29) is 18.0 Å². The van der Waals surface area contributed by atoms with Gasteiger partial charge in [0.05, 0.1) is 11.2 Å². The van der Waals surface area contributed by atoms with Crippen LogP contribution < -0.4 is 21.5 Å². The van der Waals surface area contributed by atoms with Gasteiger partial charge in [0, 0.05) is 25.5 Å². The third-order valence-corrected chi connectivity index (χ3v) is 5.88. The summed E-state index contributed by atoms with van der Waals surface area (Å²) in [7, 11) is 3.88. The molecule has 2 aromatic heterocycles. The van der Waals surface area contributed by atoms with Crippen LogP contribution in [0.25, 0.3) is 15.9 Å². The number of nitrogens with zero attached hydrogens (tertiary/aromatic N) is 3. The van der Waals surface area contributed by atoms with Gasteiger partial charge in [0.1, 0.15) is 11.2 Å². The molecule has 31 heavy (non-hydrogen) atoms. The summed E-state index contributed by atoms with van der Waals surface area (Å²) in [6.07, 6.45) is 0. The molecule has 1 amide bonds. The summed E-state index contributed by atoms with van der Waals surface area (Å²) in [6.45, 7) is 1.69. The van der Waals surface area contributed by atoms with Crippen molar-refractivity contribution >= 4 is 38.8 Å². The van der Waals surface area contributed by atoms with E-state index in [2.05, 4.69) is 5.32 Å². The maximum Gasteiger partial charge on any atom is 0.336 e. The monoisotopic (exact) mass is 434 g/mol. The van der Waals surface area contributed by atoms with Crippen molar-refractivity contribution in [1.29, 1.82) is 0 Å². The summed E-state index contributed by atoms with van der Waals surface area (Å²) in [4.78, 5) is 41.0. The van der Waals surface area contributed by atoms with Crippen molar-refractivity contribution in [3.05, 3.63) is 86.4 Å². The van der Waals surface area contributed by atoms with Crippen molar-refractivity contribution in [2.45, 2.75) is 13.5 Å². The number of benzene rings is 2. The number of carbonyl (C=O) groups is 1. The summed E-state index contributed by atoms with van der Waals surface area (Å²) < 4.78 is 2.91. The molecule has 0 aliphatic carbocycles. The smallest absolute Gasteiger partial charge is 0.336 e. The highest BCUT2D eigenvalue weighted by Gasteiger charge is 2.17. The van der Waals surface area contributed by atoms with Crippen LogP contribution in [0.15, 0.2) is 69.6 Å². The third-order valence-electron chi connectivity index (χ3n) is 4.98. The Balaban J connectivity index is 1.72. The number of anilines is 2. The molecule has 4 aromatic rings. The third kappa shape index (κ3) is 4.02. The average Bonchev–Trinajstić information content (AvgIpc) is 3.22. The number of thiophene rings is 1. The Bertz CT molecular complexity index is 1380. The minimum absolute atomic E-state index is 0.201. The van der Waals surface area contributed by atoms with Gasteiger partial charge in [-0.25, -0.2) is 9.36 Å². The maximum absolute atomic E-state index is 13.3. The molecule has 0 aliphatic heterocycles. The molecular weight excluding hydrogens is 412 g/mol. The summed E-state index contributed by atoms with van der Waals surface area (Å²) in [6, 6.07) is 16.3. The fourth-order valence-corrected chi connectivity index (χ4v) is 4.25. The van der Waals surface area contributed by atoms with Crippen molar-refractivity contribution in [2.75, 3.05) is 24.3 Å². The van der Waals surface area contributed by atoms with Crippen molar-refractivity contribution in [2.24, 2.45) is 0 Å². The molecule has 0 saturated heterocycles. The van der Waals surface area contributed by atoms with Crippen LogP contribution in [-0.2, 0) is 11.3 Å². The minimum atomic E-state index is -0.542. The van der Waals surface area contributed by atoms with E-state index in [1.807, 2.05) is 56.3 Å². The molecule has 8 heteroatoms. The van der Waals surface area contributed by atoms with Gasteiger partial charge < -0.3 is 10.2 Å². The highest BCUT2D eigenvalue weighted by atomic mass is 32.1. The van der Waals surface area contributed by atoms with E-state index in [0.29, 0.717) is 21.6 Å². The maximum atomic E-state index is 13.3. The van der Waals surface area contributed by atoms with E-state index in [4.69, 9.17) is 0 Å². The van der Waals surface area contributed by atoms with E-state index in [1.54, 1.807) is 29.6 Å². The number of amides is 1. The predicted molar refractivity (Wildman–Crippen MR) is 126 cm³/mol. The van der Waals surface area contributed by atoms with Gasteiger partial charge in [-0.2, -0.15) is 0 Å². The lowest BCUT2D eigenvalue weighted by Crippen LogP contribution is -2.40. The minimum Gasteiger partial charge on any atom is -0.378 e. The van der Waals surface area contributed by atoms with Gasteiger partial charge >= 0.3 is 5.69 Å². The number of rotatable bonds is 5. The molecule has 158 valence electrons. The number of fused-ring (bicyclic) bond motifs is 1. The number of aromatic nitrogens is 2. The number of aryl methyl sites for hydroxylation is 1. The predicted octanol–water partition coefficient (Wildman–Crippen LogP) is 3.23. The number of hydrogen-bond acceptors (Lipinski definition) is 5. The van der Waals surface area contributed by atoms with Gasteiger partial charge in [-0.05, 0) is 60.3 Å². The molecule has 7 nitrogen and oxygen atoms in total. The Morgan fingerprint density at radius 3 is 2.48 bits per heavy atom. The van der Waals surface area contributed by atoms with E-state index >= 15 is 0 Å². The molecule has 2 aromatic carbocycles. The second-order valence-corrected chi connectivity index (χ2v) is 8.39. The largest absolute Gasteiger partial charge is 0.378 e. The number of nitrogens with one attached hydrogen (secondary N) is 1. The van der Waals surface area contributed by atoms with Gasteiger partial charge in [-0.1, -0.05) is 12.1 Å². The molecule has 0 radical (unpaired) electrons. The highest BCUT2D eigenvalue weighted by Crippen LogP contribution is 2.18. The van der Waals surface area contributed by atoms with Crippen LogP contribution in [0.1, 0.15) is 5.56 Å².